The van der Waals surface area contributed by atoms with Gasteiger partial charge in [0.05, 0.1) is 48.0 Å². The van der Waals surface area contributed by atoms with E-state index in [0.717, 1.165) is 16.9 Å². The van der Waals surface area contributed by atoms with E-state index in [1.54, 1.807) is 43.4 Å². The summed E-state index contributed by atoms with van der Waals surface area (Å²) in [7, 11) is 4.72. The van der Waals surface area contributed by atoms with Crippen molar-refractivity contribution in [2.75, 3.05) is 34.5 Å². The molecule has 0 bridgehead atoms. The number of carboxylic acid groups (broad SMARTS) is 1. The number of rotatable bonds is 11. The molecule has 1 aliphatic rings. The monoisotopic (exact) mass is 626 g/mol. The molecular formula is C29H27BrN2O7S. The molecule has 0 unspecified atom stereocenters. The number of ether oxygens (including phenoxy) is 4. The number of carboxylic acids is 1. The number of hydrogen-bond acceptors (Lipinski definition) is 8. The lowest BCUT2D eigenvalue weighted by atomic mass is 10.1. The van der Waals surface area contributed by atoms with Gasteiger partial charge in [-0.15, -0.1) is 0 Å². The molecular weight excluding hydrogens is 600 g/mol. The molecule has 0 aromatic heterocycles. The van der Waals surface area contributed by atoms with Crippen LogP contribution in [0.1, 0.15) is 21.5 Å². The van der Waals surface area contributed by atoms with E-state index in [9.17, 15) is 9.59 Å². The predicted octanol–water partition coefficient (Wildman–Crippen LogP) is 5.99. The van der Waals surface area contributed by atoms with Crippen LogP contribution in [0, 0.1) is 0 Å². The Morgan fingerprint density at radius 3 is 2.40 bits per heavy atom. The third-order valence-electron chi connectivity index (χ3n) is 5.84. The molecule has 1 saturated heterocycles. The summed E-state index contributed by atoms with van der Waals surface area (Å²) in [6, 6.07) is 17.4. The first-order valence-electron chi connectivity index (χ1n) is 12.1. The molecule has 1 amide bonds. The second-order valence-electron chi connectivity index (χ2n) is 8.48. The second kappa shape index (κ2) is 13.5. The predicted molar refractivity (Wildman–Crippen MR) is 158 cm³/mol. The van der Waals surface area contributed by atoms with E-state index in [4.69, 9.17) is 24.1 Å². The van der Waals surface area contributed by atoms with E-state index >= 15 is 0 Å². The fourth-order valence-electron chi connectivity index (χ4n) is 3.75. The Bertz CT molecular complexity index is 1440. The SMILES string of the molecule is COCCN1C(=O)/C(=C/c2cc(Br)c(OCc3ccc(C(=O)O)cc3)c(OC)c2)SC1=Nc1ccc(OC)cc1. The molecule has 0 spiro atoms. The summed E-state index contributed by atoms with van der Waals surface area (Å²) in [5.41, 5.74) is 2.44. The molecule has 3 aromatic rings. The van der Waals surface area contributed by atoms with Crippen LogP contribution in [0.2, 0.25) is 0 Å². The van der Waals surface area contributed by atoms with Gasteiger partial charge in [0, 0.05) is 7.11 Å². The Morgan fingerprint density at radius 1 is 1.05 bits per heavy atom. The van der Waals surface area contributed by atoms with E-state index < -0.39 is 5.97 Å². The molecule has 11 heteroatoms. The molecule has 1 heterocycles. The van der Waals surface area contributed by atoms with Gasteiger partial charge in [-0.25, -0.2) is 9.79 Å². The number of amides is 1. The molecule has 0 atom stereocenters. The summed E-state index contributed by atoms with van der Waals surface area (Å²) in [5, 5.41) is 9.64. The van der Waals surface area contributed by atoms with Gasteiger partial charge in [0.15, 0.2) is 16.7 Å². The maximum Gasteiger partial charge on any atom is 0.335 e. The highest BCUT2D eigenvalue weighted by molar-refractivity contribution is 9.10. The van der Waals surface area contributed by atoms with Crippen molar-refractivity contribution < 1.29 is 33.6 Å². The molecule has 3 aromatic carbocycles. The lowest BCUT2D eigenvalue weighted by Gasteiger charge is -2.15. The number of hydrogen-bond donors (Lipinski definition) is 1. The van der Waals surface area contributed by atoms with Crippen molar-refractivity contribution in [3.8, 4) is 17.2 Å². The Labute approximate surface area is 244 Å². The number of carbonyl (C=O) groups is 2. The van der Waals surface area contributed by atoms with Crippen LogP contribution in [0.15, 0.2) is 75.0 Å². The fourth-order valence-corrected chi connectivity index (χ4v) is 5.35. The first-order valence-corrected chi connectivity index (χ1v) is 13.7. The van der Waals surface area contributed by atoms with Crippen LogP contribution in [0.4, 0.5) is 5.69 Å². The molecule has 9 nitrogen and oxygen atoms in total. The first-order chi connectivity index (χ1) is 19.3. The van der Waals surface area contributed by atoms with Gasteiger partial charge >= 0.3 is 5.97 Å². The lowest BCUT2D eigenvalue weighted by molar-refractivity contribution is -0.122. The number of amidine groups is 1. The van der Waals surface area contributed by atoms with Crippen molar-refractivity contribution in [2.24, 2.45) is 4.99 Å². The summed E-state index contributed by atoms with van der Waals surface area (Å²) in [6.45, 7) is 0.941. The van der Waals surface area contributed by atoms with Crippen LogP contribution >= 0.6 is 27.7 Å². The molecule has 0 saturated carbocycles. The van der Waals surface area contributed by atoms with Gasteiger partial charge in [-0.05, 0) is 93.4 Å². The summed E-state index contributed by atoms with van der Waals surface area (Å²) in [4.78, 5) is 31.2. The second-order valence-corrected chi connectivity index (χ2v) is 10.3. The third-order valence-corrected chi connectivity index (χ3v) is 7.43. The summed E-state index contributed by atoms with van der Waals surface area (Å²) < 4.78 is 22.6. The van der Waals surface area contributed by atoms with Gasteiger partial charge in [-0.3, -0.25) is 9.69 Å². The molecule has 208 valence electrons. The van der Waals surface area contributed by atoms with Crippen molar-refractivity contribution in [1.82, 2.24) is 4.90 Å². The van der Waals surface area contributed by atoms with Crippen molar-refractivity contribution >= 4 is 56.5 Å². The molecule has 4 rings (SSSR count). The number of thioether (sulfide) groups is 1. The number of benzene rings is 3. The van der Waals surface area contributed by atoms with Gasteiger partial charge in [-0.2, -0.15) is 0 Å². The quantitative estimate of drug-likeness (QED) is 0.259. The minimum atomic E-state index is -0.985. The standard InChI is InChI=1S/C29H27BrN2O7S/c1-36-13-12-32-27(33)25(40-29(32)31-21-8-10-22(37-2)11-9-21)16-19-14-23(30)26(24(15-19)38-3)39-17-18-4-6-20(7-5-18)28(34)35/h4-11,14-16H,12-13,17H2,1-3H3,(H,34,35)/b25-16-,31-29?. The largest absolute Gasteiger partial charge is 0.497 e. The highest BCUT2D eigenvalue weighted by Gasteiger charge is 2.33. The summed E-state index contributed by atoms with van der Waals surface area (Å²) >= 11 is 4.84. The van der Waals surface area contributed by atoms with E-state index in [1.807, 2.05) is 30.3 Å². The van der Waals surface area contributed by atoms with Crippen LogP contribution in [0.3, 0.4) is 0 Å². The molecule has 1 N–H and O–H groups in total. The van der Waals surface area contributed by atoms with E-state index in [0.29, 0.717) is 44.9 Å². The van der Waals surface area contributed by atoms with Crippen LogP contribution in [-0.2, 0) is 16.1 Å². The summed E-state index contributed by atoms with van der Waals surface area (Å²) in [6.07, 6.45) is 1.78. The van der Waals surface area contributed by atoms with Crippen molar-refractivity contribution in [2.45, 2.75) is 6.61 Å². The molecule has 40 heavy (non-hydrogen) atoms. The number of aliphatic imine (C=N–C) groups is 1. The van der Waals surface area contributed by atoms with Crippen LogP contribution in [-0.4, -0.2) is 61.5 Å². The van der Waals surface area contributed by atoms with Crippen molar-refractivity contribution in [3.05, 3.63) is 86.7 Å². The Kier molecular flexibility index (Phi) is 9.86. The molecule has 0 radical (unpaired) electrons. The highest BCUT2D eigenvalue weighted by Crippen LogP contribution is 2.40. The molecule has 0 aliphatic carbocycles. The van der Waals surface area contributed by atoms with E-state index in [1.165, 1.54) is 31.0 Å². The average molecular weight is 628 g/mol. The number of halogens is 1. The average Bonchev–Trinajstić information content (AvgIpc) is 3.24. The van der Waals surface area contributed by atoms with Crippen molar-refractivity contribution in [3.63, 3.8) is 0 Å². The topological polar surface area (TPSA) is 107 Å². The lowest BCUT2D eigenvalue weighted by Crippen LogP contribution is -2.32. The van der Waals surface area contributed by atoms with Gasteiger partial charge in [0.1, 0.15) is 12.4 Å². The minimum absolute atomic E-state index is 0.172. The Hall–Kier alpha value is -3.80. The highest BCUT2D eigenvalue weighted by atomic mass is 79.9. The van der Waals surface area contributed by atoms with E-state index in [-0.39, 0.29) is 18.1 Å². The smallest absolute Gasteiger partial charge is 0.335 e. The molecule has 1 fully saturated rings. The van der Waals surface area contributed by atoms with Gasteiger partial charge in [0.2, 0.25) is 0 Å². The van der Waals surface area contributed by atoms with Crippen LogP contribution < -0.4 is 14.2 Å². The Morgan fingerprint density at radius 2 is 1.77 bits per heavy atom. The normalized spacial score (nSPS) is 15.1. The summed E-state index contributed by atoms with van der Waals surface area (Å²) in [5.74, 6) is 0.526. The van der Waals surface area contributed by atoms with Crippen LogP contribution in [0.25, 0.3) is 6.08 Å². The third kappa shape index (κ3) is 7.04. The zero-order valence-corrected chi connectivity index (χ0v) is 24.5. The van der Waals surface area contributed by atoms with Gasteiger partial charge in [0.25, 0.3) is 5.91 Å². The Balaban J connectivity index is 1.57. The van der Waals surface area contributed by atoms with E-state index in [2.05, 4.69) is 20.9 Å². The maximum absolute atomic E-state index is 13.3. The minimum Gasteiger partial charge on any atom is -0.497 e. The van der Waals surface area contributed by atoms with Gasteiger partial charge < -0.3 is 24.1 Å². The number of nitrogens with zero attached hydrogens (tertiary/aromatic N) is 2. The molecule has 1 aliphatic heterocycles. The number of aromatic carboxylic acids is 1. The number of carbonyl (C=O) groups excluding carboxylic acids is 1. The van der Waals surface area contributed by atoms with Crippen molar-refractivity contribution in [1.29, 1.82) is 0 Å². The van der Waals surface area contributed by atoms with Crippen LogP contribution in [0.5, 0.6) is 17.2 Å². The van der Waals surface area contributed by atoms with Gasteiger partial charge in [-0.1, -0.05) is 12.1 Å². The maximum atomic E-state index is 13.3. The zero-order chi connectivity index (χ0) is 28.6. The number of methoxy groups -OCH3 is 3. The fraction of sp³-hybridized carbons (Fsp3) is 0.207. The first kappa shape index (κ1) is 29.2. The zero-order valence-electron chi connectivity index (χ0n) is 22.0.